The zero-order chi connectivity index (χ0) is 14.8. The van der Waals surface area contributed by atoms with Crippen molar-refractivity contribution >= 4 is 0 Å². The van der Waals surface area contributed by atoms with Crippen molar-refractivity contribution in [1.29, 1.82) is 0 Å². The molecule has 0 fully saturated rings. The molecule has 0 nitrogen and oxygen atoms in total. The molecule has 0 amide bonds. The fourth-order valence-corrected chi connectivity index (χ4v) is 2.82. The van der Waals surface area contributed by atoms with E-state index in [-0.39, 0.29) is 0 Å². The van der Waals surface area contributed by atoms with Crippen LogP contribution >= 0.6 is 0 Å². The highest BCUT2D eigenvalue weighted by Crippen LogP contribution is 2.34. The number of hydrogen-bond acceptors (Lipinski definition) is 0. The molecular weight excluding hydrogens is 252 g/mol. The lowest BCUT2D eigenvalue weighted by Gasteiger charge is -2.14. The van der Waals surface area contributed by atoms with E-state index in [0.29, 0.717) is 0 Å². The van der Waals surface area contributed by atoms with Crippen molar-refractivity contribution in [3.05, 3.63) is 83.4 Å². The van der Waals surface area contributed by atoms with E-state index >= 15 is 0 Å². The Balaban J connectivity index is 2.25. The summed E-state index contributed by atoms with van der Waals surface area (Å²) in [5.41, 5.74) is 9.13. The van der Waals surface area contributed by atoms with Crippen LogP contribution in [0.5, 0.6) is 0 Å². The van der Waals surface area contributed by atoms with E-state index in [4.69, 9.17) is 0 Å². The van der Waals surface area contributed by atoms with Crippen LogP contribution in [0.3, 0.4) is 0 Å². The first kappa shape index (κ1) is 13.6. The van der Waals surface area contributed by atoms with E-state index < -0.39 is 0 Å². The summed E-state index contributed by atoms with van der Waals surface area (Å²) in [7, 11) is 0. The predicted molar refractivity (Wildman–Crippen MR) is 91.5 cm³/mol. The predicted octanol–water partition coefficient (Wildman–Crippen LogP) is 5.95. The third-order valence-corrected chi connectivity index (χ3v) is 3.94. The van der Waals surface area contributed by atoms with Gasteiger partial charge in [-0.2, -0.15) is 0 Å². The first-order valence-electron chi connectivity index (χ1n) is 7.39. The monoisotopic (exact) mass is 272 g/mol. The van der Waals surface area contributed by atoms with Gasteiger partial charge in [0.1, 0.15) is 0 Å². The number of benzene rings is 3. The van der Waals surface area contributed by atoms with Gasteiger partial charge in [0.05, 0.1) is 0 Å². The minimum Gasteiger partial charge on any atom is -0.0620 e. The fourth-order valence-electron chi connectivity index (χ4n) is 2.82. The van der Waals surface area contributed by atoms with Gasteiger partial charge in [0, 0.05) is 0 Å². The van der Waals surface area contributed by atoms with Crippen LogP contribution in [0.15, 0.2) is 66.7 Å². The summed E-state index contributed by atoms with van der Waals surface area (Å²) in [6, 6.07) is 24.1. The average Bonchev–Trinajstić information content (AvgIpc) is 2.47. The van der Waals surface area contributed by atoms with Crippen LogP contribution in [-0.4, -0.2) is 0 Å². The first-order valence-corrected chi connectivity index (χ1v) is 7.39. The largest absolute Gasteiger partial charge is 0.0620 e. The molecule has 3 aromatic carbocycles. The van der Waals surface area contributed by atoms with Crippen LogP contribution in [0.2, 0.25) is 0 Å². The van der Waals surface area contributed by atoms with Crippen molar-refractivity contribution in [2.24, 2.45) is 0 Å². The minimum atomic E-state index is 1.29. The van der Waals surface area contributed by atoms with Gasteiger partial charge in [0.2, 0.25) is 0 Å². The quantitative estimate of drug-likeness (QED) is 0.541. The summed E-state index contributed by atoms with van der Waals surface area (Å²) in [4.78, 5) is 0. The highest BCUT2D eigenvalue weighted by atomic mass is 14.1. The van der Waals surface area contributed by atoms with Crippen molar-refractivity contribution in [1.82, 2.24) is 0 Å². The Morgan fingerprint density at radius 2 is 1.29 bits per heavy atom. The molecule has 3 aromatic rings. The summed E-state index contributed by atoms with van der Waals surface area (Å²) < 4.78 is 0. The maximum Gasteiger partial charge on any atom is -0.0100 e. The molecule has 21 heavy (non-hydrogen) atoms. The fraction of sp³-hybridized carbons (Fsp3) is 0.143. The molecule has 0 radical (unpaired) electrons. The molecule has 0 bridgehead atoms. The van der Waals surface area contributed by atoms with E-state index in [2.05, 4.69) is 87.5 Å². The Kier molecular flexibility index (Phi) is 3.62. The second-order valence-corrected chi connectivity index (χ2v) is 5.73. The third kappa shape index (κ3) is 2.75. The van der Waals surface area contributed by atoms with Crippen LogP contribution in [0.25, 0.3) is 22.3 Å². The second-order valence-electron chi connectivity index (χ2n) is 5.73. The normalized spacial score (nSPS) is 10.6. The minimum absolute atomic E-state index is 1.29. The topological polar surface area (TPSA) is 0 Å². The molecule has 0 N–H and O–H groups in total. The molecule has 0 saturated carbocycles. The highest BCUT2D eigenvalue weighted by molar-refractivity contribution is 5.85. The third-order valence-electron chi connectivity index (χ3n) is 3.94. The van der Waals surface area contributed by atoms with Crippen LogP contribution in [0.4, 0.5) is 0 Å². The molecular formula is C21H20. The smallest absolute Gasteiger partial charge is 0.0100 e. The number of hydrogen-bond donors (Lipinski definition) is 0. The Morgan fingerprint density at radius 1 is 0.524 bits per heavy atom. The van der Waals surface area contributed by atoms with Gasteiger partial charge < -0.3 is 0 Å². The standard InChI is InChI=1S/C21H20/c1-15-7-6-9-18(13-15)20-12-11-16(2)14-21(20)19-10-5-4-8-17(19)3/h4-14H,1-3H3. The van der Waals surface area contributed by atoms with Crippen molar-refractivity contribution in [3.63, 3.8) is 0 Å². The van der Waals surface area contributed by atoms with Gasteiger partial charge in [0.15, 0.2) is 0 Å². The van der Waals surface area contributed by atoms with Crippen molar-refractivity contribution < 1.29 is 0 Å². The molecule has 0 aromatic heterocycles. The SMILES string of the molecule is Cc1cccc(-c2ccc(C)cc2-c2ccccc2C)c1. The highest BCUT2D eigenvalue weighted by Gasteiger charge is 2.09. The van der Waals surface area contributed by atoms with Gasteiger partial charge in [-0.1, -0.05) is 77.9 Å². The molecule has 0 atom stereocenters. The maximum atomic E-state index is 2.29. The summed E-state index contributed by atoms with van der Waals surface area (Å²) in [6.07, 6.45) is 0. The molecule has 0 aliphatic heterocycles. The Morgan fingerprint density at radius 3 is 2.05 bits per heavy atom. The Hall–Kier alpha value is -2.34. The molecule has 0 heteroatoms. The molecule has 3 rings (SSSR count). The number of aryl methyl sites for hydroxylation is 3. The van der Waals surface area contributed by atoms with Crippen LogP contribution in [0, 0.1) is 20.8 Å². The molecule has 0 unspecified atom stereocenters. The average molecular weight is 272 g/mol. The van der Waals surface area contributed by atoms with Crippen molar-refractivity contribution in [3.8, 4) is 22.3 Å². The van der Waals surface area contributed by atoms with E-state index in [0.717, 1.165) is 0 Å². The van der Waals surface area contributed by atoms with Crippen LogP contribution in [0.1, 0.15) is 16.7 Å². The van der Waals surface area contributed by atoms with E-state index in [9.17, 15) is 0 Å². The summed E-state index contributed by atoms with van der Waals surface area (Å²) in [6.45, 7) is 6.48. The van der Waals surface area contributed by atoms with Gasteiger partial charge in [-0.05, 0) is 48.6 Å². The summed E-state index contributed by atoms with van der Waals surface area (Å²) in [5, 5.41) is 0. The van der Waals surface area contributed by atoms with Crippen molar-refractivity contribution in [2.45, 2.75) is 20.8 Å². The molecule has 0 aliphatic rings. The van der Waals surface area contributed by atoms with Crippen molar-refractivity contribution in [2.75, 3.05) is 0 Å². The van der Waals surface area contributed by atoms with Crippen LogP contribution in [-0.2, 0) is 0 Å². The second kappa shape index (κ2) is 5.57. The molecule has 0 heterocycles. The summed E-state index contributed by atoms with van der Waals surface area (Å²) >= 11 is 0. The van der Waals surface area contributed by atoms with Gasteiger partial charge in [-0.25, -0.2) is 0 Å². The molecule has 0 aliphatic carbocycles. The van der Waals surface area contributed by atoms with E-state index in [1.807, 2.05) is 0 Å². The molecule has 0 saturated heterocycles. The Labute approximate surface area is 127 Å². The summed E-state index contributed by atoms with van der Waals surface area (Å²) in [5.74, 6) is 0. The zero-order valence-corrected chi connectivity index (χ0v) is 12.9. The lowest BCUT2D eigenvalue weighted by atomic mass is 9.90. The van der Waals surface area contributed by atoms with E-state index in [1.165, 1.54) is 38.9 Å². The van der Waals surface area contributed by atoms with Gasteiger partial charge in [-0.3, -0.25) is 0 Å². The Bertz CT molecular complexity index is 782. The maximum absolute atomic E-state index is 2.29. The zero-order valence-electron chi connectivity index (χ0n) is 12.9. The van der Waals surface area contributed by atoms with E-state index in [1.54, 1.807) is 0 Å². The lowest BCUT2D eigenvalue weighted by molar-refractivity contribution is 1.41. The van der Waals surface area contributed by atoms with Gasteiger partial charge in [0.25, 0.3) is 0 Å². The van der Waals surface area contributed by atoms with Crippen LogP contribution < -0.4 is 0 Å². The van der Waals surface area contributed by atoms with Gasteiger partial charge in [-0.15, -0.1) is 0 Å². The van der Waals surface area contributed by atoms with Gasteiger partial charge >= 0.3 is 0 Å². The first-order chi connectivity index (χ1) is 10.1. The lowest BCUT2D eigenvalue weighted by Crippen LogP contribution is -1.89. The molecule has 104 valence electrons. The molecule has 0 spiro atoms. The number of rotatable bonds is 2.